The van der Waals surface area contributed by atoms with E-state index in [1.807, 2.05) is 0 Å². The van der Waals surface area contributed by atoms with Gasteiger partial charge in [-0.25, -0.2) is 0 Å². The Balaban J connectivity index is 0. The molecule has 0 unspecified atom stereocenters. The molecule has 0 aromatic heterocycles. The van der Waals surface area contributed by atoms with Crippen molar-refractivity contribution in [2.24, 2.45) is 5.73 Å². The molecule has 4 heavy (non-hydrogen) atoms. The first-order valence-corrected chi connectivity index (χ1v) is 0.622. The maximum atomic E-state index is 5.86. The van der Waals surface area contributed by atoms with Crippen LogP contribution >= 0.6 is 0 Å². The molecule has 26 valence electrons. The normalized spacial score (nSPS) is 3.00. The van der Waals surface area contributed by atoms with Crippen LogP contribution in [0.2, 0.25) is 0 Å². The van der Waals surface area contributed by atoms with Gasteiger partial charge in [0.1, 0.15) is 0 Å². The Kier molecular flexibility index (Phi) is 26.7. The summed E-state index contributed by atoms with van der Waals surface area (Å²) in [6.45, 7) is 0. The molecule has 0 bridgehead atoms. The molecule has 0 aliphatic heterocycles. The van der Waals surface area contributed by atoms with Gasteiger partial charge in [0.2, 0.25) is 0 Å². The Morgan fingerprint density at radius 2 is 1.75 bits per heavy atom. The summed E-state index contributed by atoms with van der Waals surface area (Å²) in [7, 11) is 0. The van der Waals surface area contributed by atoms with Crippen molar-refractivity contribution in [3.05, 3.63) is 0 Å². The molecule has 0 saturated carbocycles. The molecule has 2 nitrogen and oxygen atoms in total. The van der Waals surface area contributed by atoms with E-state index in [0.717, 1.165) is 6.34 Å². The van der Waals surface area contributed by atoms with Crippen LogP contribution < -0.4 is 5.73 Å². The Hall–Kier alpha value is 0.0129. The topological polar surface area (TPSA) is 49.9 Å². The summed E-state index contributed by atoms with van der Waals surface area (Å²) in [4.78, 5) is 0. The van der Waals surface area contributed by atoms with Crippen molar-refractivity contribution in [2.45, 2.75) is 0 Å². The SMILES string of the molecule is N=CN.[GeH4]. The van der Waals surface area contributed by atoms with E-state index in [0.29, 0.717) is 0 Å². The molecular weight excluding hydrogens is 113 g/mol. The monoisotopic (exact) mass is 122 g/mol. The van der Waals surface area contributed by atoms with E-state index >= 15 is 0 Å². The second-order valence-electron chi connectivity index (χ2n) is 0.167. The van der Waals surface area contributed by atoms with Crippen LogP contribution in [0.25, 0.3) is 0 Å². The molecule has 0 saturated heterocycles. The van der Waals surface area contributed by atoms with Gasteiger partial charge in [-0.05, 0) is 0 Å². The minimum absolute atomic E-state index is 0. The molecule has 0 rings (SSSR count). The number of rotatable bonds is 0. The summed E-state index contributed by atoms with van der Waals surface area (Å²) in [5.41, 5.74) is 4.39. The van der Waals surface area contributed by atoms with E-state index in [1.165, 1.54) is 0 Å². The summed E-state index contributed by atoms with van der Waals surface area (Å²) < 4.78 is 0. The van der Waals surface area contributed by atoms with Gasteiger partial charge in [0.15, 0.2) is 0 Å². The van der Waals surface area contributed by atoms with E-state index in [1.54, 1.807) is 0 Å². The molecule has 0 aromatic rings. The van der Waals surface area contributed by atoms with Crippen molar-refractivity contribution in [3.63, 3.8) is 0 Å². The molecule has 0 amide bonds. The summed E-state index contributed by atoms with van der Waals surface area (Å²) in [6.07, 6.45) is 0.750. The van der Waals surface area contributed by atoms with Crippen LogP contribution in [0.4, 0.5) is 0 Å². The Bertz CT molecular complexity index is 13.5. The first-order chi connectivity index (χ1) is 1.41. The average Bonchev–Trinajstić information content (AvgIpc) is 0.918. The van der Waals surface area contributed by atoms with E-state index in [-0.39, 0.29) is 17.6 Å². The van der Waals surface area contributed by atoms with Crippen molar-refractivity contribution in [3.8, 4) is 0 Å². The van der Waals surface area contributed by atoms with Gasteiger partial charge < -0.3 is 5.73 Å². The number of nitrogens with one attached hydrogen (secondary N) is 1. The molecular formula is CH8GeN2. The second kappa shape index (κ2) is 11.9. The first kappa shape index (κ1) is 8.99. The second-order valence-corrected chi connectivity index (χ2v) is 0.167. The van der Waals surface area contributed by atoms with Crippen molar-refractivity contribution in [2.75, 3.05) is 0 Å². The van der Waals surface area contributed by atoms with Gasteiger partial charge in [-0.3, -0.25) is 5.41 Å². The molecule has 0 aliphatic rings. The fourth-order valence-electron chi connectivity index (χ4n) is 0. The van der Waals surface area contributed by atoms with Crippen molar-refractivity contribution in [1.82, 2.24) is 0 Å². The Morgan fingerprint density at radius 3 is 1.75 bits per heavy atom. The summed E-state index contributed by atoms with van der Waals surface area (Å²) >= 11 is 0. The third-order valence-electron chi connectivity index (χ3n) is 0. The van der Waals surface area contributed by atoms with Gasteiger partial charge >= 0.3 is 17.6 Å². The molecule has 0 spiro atoms. The van der Waals surface area contributed by atoms with Crippen LogP contribution in [0.5, 0.6) is 0 Å². The van der Waals surface area contributed by atoms with Crippen molar-refractivity contribution in [1.29, 1.82) is 5.41 Å². The fourth-order valence-corrected chi connectivity index (χ4v) is 0. The molecule has 0 aliphatic carbocycles. The van der Waals surface area contributed by atoms with Gasteiger partial charge in [0.25, 0.3) is 0 Å². The Labute approximate surface area is 35.9 Å². The molecule has 0 heterocycles. The number of hydrogen-bond donors (Lipinski definition) is 2. The van der Waals surface area contributed by atoms with Crippen LogP contribution in [-0.4, -0.2) is 23.9 Å². The summed E-state index contributed by atoms with van der Waals surface area (Å²) in [5.74, 6) is 0. The van der Waals surface area contributed by atoms with Gasteiger partial charge in [0, 0.05) is 0 Å². The van der Waals surface area contributed by atoms with Crippen LogP contribution in [0, 0.1) is 5.41 Å². The summed E-state index contributed by atoms with van der Waals surface area (Å²) in [5, 5.41) is 5.86. The maximum absolute atomic E-state index is 5.86. The molecule has 0 atom stereocenters. The predicted molar refractivity (Wildman–Crippen MR) is 24.3 cm³/mol. The Morgan fingerprint density at radius 1 is 1.75 bits per heavy atom. The zero-order valence-corrected chi connectivity index (χ0v) is 1.65. The van der Waals surface area contributed by atoms with Crippen molar-refractivity contribution >= 4 is 23.9 Å². The van der Waals surface area contributed by atoms with Gasteiger partial charge in [-0.2, -0.15) is 0 Å². The van der Waals surface area contributed by atoms with E-state index < -0.39 is 0 Å². The zero-order valence-electron chi connectivity index (χ0n) is 1.65. The number of hydrogen-bond acceptors (Lipinski definition) is 1. The quantitative estimate of drug-likeness (QED) is 0.219. The van der Waals surface area contributed by atoms with Crippen LogP contribution in [-0.2, 0) is 0 Å². The van der Waals surface area contributed by atoms with Gasteiger partial charge in [0.05, 0.1) is 6.34 Å². The van der Waals surface area contributed by atoms with Crippen molar-refractivity contribution < 1.29 is 0 Å². The third kappa shape index (κ3) is 12500. The average molecular weight is 121 g/mol. The molecule has 3 heteroatoms. The van der Waals surface area contributed by atoms with Gasteiger partial charge in [-0.1, -0.05) is 0 Å². The molecule has 3 N–H and O–H groups in total. The van der Waals surface area contributed by atoms with E-state index in [9.17, 15) is 0 Å². The predicted octanol–water partition coefficient (Wildman–Crippen LogP) is -1.90. The van der Waals surface area contributed by atoms with Crippen LogP contribution in [0.1, 0.15) is 0 Å². The van der Waals surface area contributed by atoms with Crippen LogP contribution in [0.15, 0.2) is 0 Å². The van der Waals surface area contributed by atoms with Crippen LogP contribution in [0.3, 0.4) is 0 Å². The summed E-state index contributed by atoms with van der Waals surface area (Å²) in [6, 6.07) is 0. The molecule has 0 aromatic carbocycles. The fraction of sp³-hybridized carbons (Fsp3) is 0. The number of nitrogens with two attached hydrogens (primary N) is 1. The third-order valence-corrected chi connectivity index (χ3v) is 0. The standard InChI is InChI=1S/CH4N2.GeH4/c2-1-3;/h1H,(H3,2,3);1H4. The van der Waals surface area contributed by atoms with Gasteiger partial charge in [-0.15, -0.1) is 0 Å². The molecule has 0 fully saturated rings. The van der Waals surface area contributed by atoms with E-state index in [2.05, 4.69) is 5.73 Å². The first-order valence-electron chi connectivity index (χ1n) is 0.622. The van der Waals surface area contributed by atoms with E-state index in [4.69, 9.17) is 5.41 Å². The molecule has 0 radical (unpaired) electrons. The minimum atomic E-state index is 0. The zero-order chi connectivity index (χ0) is 2.71.